The van der Waals surface area contributed by atoms with Gasteiger partial charge in [0, 0.05) is 19.0 Å². The number of rotatable bonds is 7. The van der Waals surface area contributed by atoms with Crippen LogP contribution in [0.25, 0.3) is 0 Å². The van der Waals surface area contributed by atoms with E-state index in [-0.39, 0.29) is 24.1 Å². The van der Waals surface area contributed by atoms with Crippen LogP contribution in [0.1, 0.15) is 38.1 Å². The molecule has 3 rings (SSSR count). The molecule has 0 fully saturated rings. The van der Waals surface area contributed by atoms with E-state index in [4.69, 9.17) is 9.47 Å². The molecule has 1 unspecified atom stereocenters. The van der Waals surface area contributed by atoms with Gasteiger partial charge in [0.1, 0.15) is 5.82 Å². The number of carbonyl (C=O) groups excluding carboxylic acids is 1. The van der Waals surface area contributed by atoms with E-state index >= 15 is 0 Å². The Hall–Kier alpha value is -2.77. The molecule has 27 heavy (non-hydrogen) atoms. The normalized spacial score (nSPS) is 16.3. The molecule has 1 aromatic heterocycles. The predicted molar refractivity (Wildman–Crippen MR) is 100 cm³/mol. The topological polar surface area (TPSA) is 98.2 Å². The largest absolute Gasteiger partial charge is 0.490 e. The van der Waals surface area contributed by atoms with Crippen molar-refractivity contribution in [3.63, 3.8) is 0 Å². The summed E-state index contributed by atoms with van der Waals surface area (Å²) in [4.78, 5) is 24.2. The standard InChI is InChI=1S/C19H26N4O4/c1-3-26-15-7-5-13(11-16(15)27-4-2)12-18(24)20-14-6-8-17-21-22-19(25)23(17)10-9-14/h5,7,11,14H,3-4,6,8-10,12H2,1-2H3,(H,20,24)(H,22,25). The highest BCUT2D eigenvalue weighted by Gasteiger charge is 2.20. The summed E-state index contributed by atoms with van der Waals surface area (Å²) in [5.41, 5.74) is 0.687. The van der Waals surface area contributed by atoms with Crippen LogP contribution in [0.3, 0.4) is 0 Å². The molecule has 0 aliphatic carbocycles. The summed E-state index contributed by atoms with van der Waals surface area (Å²) in [5, 5.41) is 9.59. The van der Waals surface area contributed by atoms with Crippen molar-refractivity contribution in [2.75, 3.05) is 13.2 Å². The number of hydrogen-bond acceptors (Lipinski definition) is 5. The number of ether oxygens (including phenoxy) is 2. The number of fused-ring (bicyclic) bond motifs is 1. The molecular weight excluding hydrogens is 348 g/mol. The smallest absolute Gasteiger partial charge is 0.343 e. The lowest BCUT2D eigenvalue weighted by atomic mass is 10.1. The number of amides is 1. The minimum atomic E-state index is -0.185. The van der Waals surface area contributed by atoms with E-state index in [2.05, 4.69) is 15.5 Å². The first-order valence-corrected chi connectivity index (χ1v) is 9.42. The Morgan fingerprint density at radius 3 is 2.81 bits per heavy atom. The van der Waals surface area contributed by atoms with Gasteiger partial charge in [-0.25, -0.2) is 9.89 Å². The molecule has 1 aliphatic rings. The molecule has 2 heterocycles. The number of nitrogens with zero attached hydrogens (tertiary/aromatic N) is 2. The van der Waals surface area contributed by atoms with Crippen molar-refractivity contribution in [3.8, 4) is 11.5 Å². The van der Waals surface area contributed by atoms with E-state index in [9.17, 15) is 9.59 Å². The van der Waals surface area contributed by atoms with Crippen molar-refractivity contribution >= 4 is 5.91 Å². The fraction of sp³-hybridized carbons (Fsp3) is 0.526. The second-order valence-electron chi connectivity index (χ2n) is 6.51. The first-order valence-electron chi connectivity index (χ1n) is 9.42. The van der Waals surface area contributed by atoms with Gasteiger partial charge in [-0.05, 0) is 44.4 Å². The highest BCUT2D eigenvalue weighted by molar-refractivity contribution is 5.79. The molecule has 0 bridgehead atoms. The number of aromatic amines is 1. The average Bonchev–Trinajstić information content (AvgIpc) is 2.87. The van der Waals surface area contributed by atoms with Gasteiger partial charge in [0.15, 0.2) is 11.5 Å². The predicted octanol–water partition coefficient (Wildman–Crippen LogP) is 1.43. The summed E-state index contributed by atoms with van der Waals surface area (Å²) < 4.78 is 12.8. The van der Waals surface area contributed by atoms with Crippen molar-refractivity contribution in [1.82, 2.24) is 20.1 Å². The number of benzene rings is 1. The van der Waals surface area contributed by atoms with Gasteiger partial charge in [0.2, 0.25) is 5.91 Å². The van der Waals surface area contributed by atoms with Gasteiger partial charge in [0.05, 0.1) is 19.6 Å². The van der Waals surface area contributed by atoms with Gasteiger partial charge in [-0.1, -0.05) is 6.07 Å². The second-order valence-corrected chi connectivity index (χ2v) is 6.51. The van der Waals surface area contributed by atoms with Crippen LogP contribution in [0.2, 0.25) is 0 Å². The van der Waals surface area contributed by atoms with E-state index in [0.717, 1.165) is 17.8 Å². The molecular formula is C19H26N4O4. The molecule has 0 saturated heterocycles. The molecule has 146 valence electrons. The molecule has 1 aliphatic heterocycles. The number of H-pyrrole nitrogens is 1. The van der Waals surface area contributed by atoms with Crippen LogP contribution in [-0.4, -0.2) is 39.9 Å². The molecule has 0 radical (unpaired) electrons. The van der Waals surface area contributed by atoms with Crippen LogP contribution in [0.15, 0.2) is 23.0 Å². The van der Waals surface area contributed by atoms with E-state index < -0.39 is 0 Å². The van der Waals surface area contributed by atoms with E-state index in [1.54, 1.807) is 4.57 Å². The quantitative estimate of drug-likeness (QED) is 0.764. The third-order valence-electron chi connectivity index (χ3n) is 4.59. The first-order chi connectivity index (χ1) is 13.1. The van der Waals surface area contributed by atoms with Gasteiger partial charge < -0.3 is 14.8 Å². The van der Waals surface area contributed by atoms with Crippen LogP contribution < -0.4 is 20.5 Å². The summed E-state index contributed by atoms with van der Waals surface area (Å²) in [6, 6.07) is 5.62. The molecule has 8 heteroatoms. The summed E-state index contributed by atoms with van der Waals surface area (Å²) in [6.45, 7) is 5.49. The average molecular weight is 374 g/mol. The lowest BCUT2D eigenvalue weighted by molar-refractivity contribution is -0.121. The maximum Gasteiger partial charge on any atom is 0.343 e. The molecule has 0 saturated carbocycles. The van der Waals surface area contributed by atoms with Crippen molar-refractivity contribution in [1.29, 1.82) is 0 Å². The van der Waals surface area contributed by atoms with Crippen molar-refractivity contribution < 1.29 is 14.3 Å². The third kappa shape index (κ3) is 4.69. The zero-order valence-corrected chi connectivity index (χ0v) is 15.8. The fourth-order valence-corrected chi connectivity index (χ4v) is 3.32. The lowest BCUT2D eigenvalue weighted by Gasteiger charge is -2.16. The first kappa shape index (κ1) is 19.0. The van der Waals surface area contributed by atoms with E-state index in [1.807, 2.05) is 32.0 Å². The Balaban J connectivity index is 1.59. The van der Waals surface area contributed by atoms with Crippen molar-refractivity contribution in [2.24, 2.45) is 0 Å². The van der Waals surface area contributed by atoms with Crippen LogP contribution in [0.5, 0.6) is 11.5 Å². The van der Waals surface area contributed by atoms with Crippen LogP contribution in [0.4, 0.5) is 0 Å². The molecule has 2 N–H and O–H groups in total. The minimum Gasteiger partial charge on any atom is -0.490 e. The Kier molecular flexibility index (Phi) is 6.16. The summed E-state index contributed by atoms with van der Waals surface area (Å²) in [5.74, 6) is 2.06. The van der Waals surface area contributed by atoms with Gasteiger partial charge in [-0.3, -0.25) is 9.36 Å². The summed E-state index contributed by atoms with van der Waals surface area (Å²) in [7, 11) is 0. The number of nitrogens with one attached hydrogen (secondary N) is 2. The number of aryl methyl sites for hydroxylation is 1. The molecule has 1 aromatic carbocycles. The fourth-order valence-electron chi connectivity index (χ4n) is 3.32. The zero-order chi connectivity index (χ0) is 19.2. The van der Waals surface area contributed by atoms with Crippen LogP contribution in [-0.2, 0) is 24.2 Å². The molecule has 1 atom stereocenters. The van der Waals surface area contributed by atoms with Gasteiger partial charge in [-0.2, -0.15) is 5.10 Å². The van der Waals surface area contributed by atoms with E-state index in [0.29, 0.717) is 44.1 Å². The van der Waals surface area contributed by atoms with Crippen LogP contribution >= 0.6 is 0 Å². The van der Waals surface area contributed by atoms with E-state index in [1.165, 1.54) is 0 Å². The lowest BCUT2D eigenvalue weighted by Crippen LogP contribution is -2.36. The maximum absolute atomic E-state index is 12.5. The maximum atomic E-state index is 12.5. The van der Waals surface area contributed by atoms with Crippen molar-refractivity contribution in [3.05, 3.63) is 40.1 Å². The number of aromatic nitrogens is 3. The second kappa shape index (κ2) is 8.75. The minimum absolute atomic E-state index is 0.0349. The number of hydrogen-bond donors (Lipinski definition) is 2. The Labute approximate surface area is 157 Å². The molecule has 2 aromatic rings. The highest BCUT2D eigenvalue weighted by atomic mass is 16.5. The van der Waals surface area contributed by atoms with Gasteiger partial charge >= 0.3 is 5.69 Å². The SMILES string of the molecule is CCOc1ccc(CC(=O)NC2CCc3n[nH]c(=O)n3CC2)cc1OCC. The highest BCUT2D eigenvalue weighted by Crippen LogP contribution is 2.28. The van der Waals surface area contributed by atoms with Crippen molar-refractivity contribution in [2.45, 2.75) is 52.1 Å². The molecule has 0 spiro atoms. The Morgan fingerprint density at radius 1 is 1.26 bits per heavy atom. The van der Waals surface area contributed by atoms with Gasteiger partial charge in [-0.15, -0.1) is 0 Å². The third-order valence-corrected chi connectivity index (χ3v) is 4.59. The summed E-state index contributed by atoms with van der Waals surface area (Å²) in [6.07, 6.45) is 2.42. The molecule has 8 nitrogen and oxygen atoms in total. The number of carbonyl (C=O) groups is 1. The Bertz CT molecular complexity index is 842. The monoisotopic (exact) mass is 374 g/mol. The summed E-state index contributed by atoms with van der Waals surface area (Å²) >= 11 is 0. The zero-order valence-electron chi connectivity index (χ0n) is 15.8. The Morgan fingerprint density at radius 2 is 2.04 bits per heavy atom. The van der Waals surface area contributed by atoms with Crippen LogP contribution in [0, 0.1) is 0 Å². The van der Waals surface area contributed by atoms with Gasteiger partial charge in [0.25, 0.3) is 0 Å². The molecule has 1 amide bonds.